The topological polar surface area (TPSA) is 58.4 Å². The molecule has 0 fully saturated rings. The van der Waals surface area contributed by atoms with Crippen LogP contribution in [0.1, 0.15) is 11.4 Å². The first-order valence-electron chi connectivity index (χ1n) is 2.79. The fraction of sp³-hybridized carbons (Fsp3) is 0.167. The fourth-order valence-electron chi connectivity index (χ4n) is 0.600. The highest BCUT2D eigenvalue weighted by Gasteiger charge is 1.93. The molecule has 0 amide bonds. The molecule has 0 aliphatic carbocycles. The lowest BCUT2D eigenvalue weighted by molar-refractivity contribution is 0.321. The van der Waals surface area contributed by atoms with Gasteiger partial charge in [-0.05, 0) is 6.92 Å². The summed E-state index contributed by atoms with van der Waals surface area (Å²) >= 11 is 0. The SMILES string of the molecule is Cc1nccnc1/C=N\O. The number of hydrogen-bond donors (Lipinski definition) is 1. The van der Waals surface area contributed by atoms with E-state index >= 15 is 0 Å². The van der Waals surface area contributed by atoms with Crippen molar-refractivity contribution in [3.63, 3.8) is 0 Å². The Labute approximate surface area is 58.2 Å². The third-order valence-electron chi connectivity index (χ3n) is 1.10. The molecule has 52 valence electrons. The Morgan fingerprint density at radius 1 is 1.50 bits per heavy atom. The molecule has 0 atom stereocenters. The zero-order valence-electron chi connectivity index (χ0n) is 5.52. The Hall–Kier alpha value is -1.45. The lowest BCUT2D eigenvalue weighted by atomic mass is 10.3. The van der Waals surface area contributed by atoms with Crippen LogP contribution < -0.4 is 0 Å². The van der Waals surface area contributed by atoms with Crippen molar-refractivity contribution in [2.24, 2.45) is 5.16 Å². The average Bonchev–Trinajstić information content (AvgIpc) is 1.94. The highest BCUT2D eigenvalue weighted by atomic mass is 16.4. The van der Waals surface area contributed by atoms with Gasteiger partial charge in [-0.2, -0.15) is 0 Å². The summed E-state index contributed by atoms with van der Waals surface area (Å²) in [6.07, 6.45) is 4.39. The molecule has 0 spiro atoms. The number of oxime groups is 1. The molecule has 1 aromatic rings. The fourth-order valence-corrected chi connectivity index (χ4v) is 0.600. The number of nitrogens with zero attached hydrogens (tertiary/aromatic N) is 3. The van der Waals surface area contributed by atoms with Gasteiger partial charge in [0.2, 0.25) is 0 Å². The van der Waals surface area contributed by atoms with Crippen LogP contribution in [0.4, 0.5) is 0 Å². The third-order valence-corrected chi connectivity index (χ3v) is 1.10. The average molecular weight is 137 g/mol. The van der Waals surface area contributed by atoms with Gasteiger partial charge in [-0.25, -0.2) is 0 Å². The summed E-state index contributed by atoms with van der Waals surface area (Å²) < 4.78 is 0. The minimum atomic E-state index is 0.588. The minimum Gasteiger partial charge on any atom is -0.411 e. The second kappa shape index (κ2) is 2.91. The van der Waals surface area contributed by atoms with E-state index in [0.717, 1.165) is 5.69 Å². The molecule has 1 rings (SSSR count). The Bertz CT molecular complexity index is 247. The molecule has 0 aromatic carbocycles. The Kier molecular flexibility index (Phi) is 1.94. The van der Waals surface area contributed by atoms with Gasteiger partial charge in [-0.3, -0.25) is 9.97 Å². The molecule has 0 bridgehead atoms. The van der Waals surface area contributed by atoms with Crippen LogP contribution in [0.2, 0.25) is 0 Å². The quantitative estimate of drug-likeness (QED) is 0.350. The second-order valence-corrected chi connectivity index (χ2v) is 1.77. The zero-order valence-corrected chi connectivity index (χ0v) is 5.52. The summed E-state index contributed by atoms with van der Waals surface area (Å²) in [6.45, 7) is 1.80. The zero-order chi connectivity index (χ0) is 7.40. The number of hydrogen-bond acceptors (Lipinski definition) is 4. The Balaban J connectivity index is 3.03. The predicted molar refractivity (Wildman–Crippen MR) is 36.1 cm³/mol. The maximum Gasteiger partial charge on any atom is 0.106 e. The van der Waals surface area contributed by atoms with Crippen molar-refractivity contribution in [2.75, 3.05) is 0 Å². The van der Waals surface area contributed by atoms with Crippen molar-refractivity contribution in [3.8, 4) is 0 Å². The largest absolute Gasteiger partial charge is 0.411 e. The highest BCUT2D eigenvalue weighted by Crippen LogP contribution is 1.93. The smallest absolute Gasteiger partial charge is 0.106 e. The van der Waals surface area contributed by atoms with E-state index in [9.17, 15) is 0 Å². The first-order valence-corrected chi connectivity index (χ1v) is 2.79. The minimum absolute atomic E-state index is 0.588. The van der Waals surface area contributed by atoms with E-state index in [-0.39, 0.29) is 0 Å². The van der Waals surface area contributed by atoms with Gasteiger partial charge in [0.1, 0.15) is 5.69 Å². The maximum absolute atomic E-state index is 8.15. The summed E-state index contributed by atoms with van der Waals surface area (Å²) in [5.74, 6) is 0. The van der Waals surface area contributed by atoms with E-state index in [1.54, 1.807) is 19.3 Å². The molecule has 0 unspecified atom stereocenters. The van der Waals surface area contributed by atoms with Crippen LogP contribution in [0.3, 0.4) is 0 Å². The van der Waals surface area contributed by atoms with E-state index in [2.05, 4.69) is 15.1 Å². The normalized spacial score (nSPS) is 10.5. The van der Waals surface area contributed by atoms with Crippen molar-refractivity contribution in [2.45, 2.75) is 6.92 Å². The molecule has 0 radical (unpaired) electrons. The van der Waals surface area contributed by atoms with Crippen LogP contribution >= 0.6 is 0 Å². The summed E-state index contributed by atoms with van der Waals surface area (Å²) in [6, 6.07) is 0. The summed E-state index contributed by atoms with van der Waals surface area (Å²) in [7, 11) is 0. The molecular weight excluding hydrogens is 130 g/mol. The van der Waals surface area contributed by atoms with Gasteiger partial charge in [0.05, 0.1) is 11.9 Å². The molecule has 0 aliphatic rings. The van der Waals surface area contributed by atoms with Gasteiger partial charge >= 0.3 is 0 Å². The van der Waals surface area contributed by atoms with Gasteiger partial charge in [0, 0.05) is 12.4 Å². The summed E-state index contributed by atoms with van der Waals surface area (Å²) in [5.41, 5.74) is 1.34. The maximum atomic E-state index is 8.15. The second-order valence-electron chi connectivity index (χ2n) is 1.77. The van der Waals surface area contributed by atoms with Crippen LogP contribution in [0, 0.1) is 6.92 Å². The molecular formula is C6H7N3O. The van der Waals surface area contributed by atoms with Gasteiger partial charge in [0.25, 0.3) is 0 Å². The van der Waals surface area contributed by atoms with E-state index in [1.807, 2.05) is 0 Å². The lowest BCUT2D eigenvalue weighted by Crippen LogP contribution is -1.93. The van der Waals surface area contributed by atoms with Gasteiger partial charge in [0.15, 0.2) is 0 Å². The number of aromatic nitrogens is 2. The Morgan fingerprint density at radius 3 is 2.80 bits per heavy atom. The van der Waals surface area contributed by atoms with E-state index in [1.165, 1.54) is 6.21 Å². The monoisotopic (exact) mass is 137 g/mol. The third kappa shape index (κ3) is 1.28. The van der Waals surface area contributed by atoms with Crippen LogP contribution in [-0.4, -0.2) is 21.4 Å². The standard InChI is InChI=1S/C6H7N3O/c1-5-6(4-9-10)8-3-2-7-5/h2-4,10H,1H3/b9-4-. The van der Waals surface area contributed by atoms with Crippen molar-refractivity contribution in [3.05, 3.63) is 23.8 Å². The van der Waals surface area contributed by atoms with Gasteiger partial charge < -0.3 is 5.21 Å². The molecule has 1 aromatic heterocycles. The van der Waals surface area contributed by atoms with Crippen molar-refractivity contribution >= 4 is 6.21 Å². The summed E-state index contributed by atoms with van der Waals surface area (Å²) in [4.78, 5) is 7.83. The van der Waals surface area contributed by atoms with Crippen molar-refractivity contribution in [1.82, 2.24) is 9.97 Å². The van der Waals surface area contributed by atoms with Crippen molar-refractivity contribution in [1.29, 1.82) is 0 Å². The first kappa shape index (κ1) is 6.67. The van der Waals surface area contributed by atoms with Crippen LogP contribution in [0.25, 0.3) is 0 Å². The van der Waals surface area contributed by atoms with Crippen molar-refractivity contribution < 1.29 is 5.21 Å². The van der Waals surface area contributed by atoms with E-state index in [0.29, 0.717) is 5.69 Å². The molecule has 0 saturated heterocycles. The van der Waals surface area contributed by atoms with Crippen LogP contribution in [-0.2, 0) is 0 Å². The van der Waals surface area contributed by atoms with E-state index < -0.39 is 0 Å². The first-order chi connectivity index (χ1) is 4.84. The van der Waals surface area contributed by atoms with E-state index in [4.69, 9.17) is 5.21 Å². The Morgan fingerprint density at radius 2 is 2.20 bits per heavy atom. The highest BCUT2D eigenvalue weighted by molar-refractivity contribution is 5.77. The van der Waals surface area contributed by atoms with Gasteiger partial charge in [-0.15, -0.1) is 0 Å². The molecule has 4 heteroatoms. The molecule has 0 saturated carbocycles. The molecule has 10 heavy (non-hydrogen) atoms. The lowest BCUT2D eigenvalue weighted by Gasteiger charge is -1.92. The molecule has 4 nitrogen and oxygen atoms in total. The molecule has 0 aliphatic heterocycles. The van der Waals surface area contributed by atoms with Crippen LogP contribution in [0.15, 0.2) is 17.5 Å². The number of aryl methyl sites for hydroxylation is 1. The van der Waals surface area contributed by atoms with Gasteiger partial charge in [-0.1, -0.05) is 5.16 Å². The predicted octanol–water partition coefficient (Wildman–Crippen LogP) is 0.593. The molecule has 1 heterocycles. The van der Waals surface area contributed by atoms with Crippen LogP contribution in [0.5, 0.6) is 0 Å². The number of rotatable bonds is 1. The summed E-state index contributed by atoms with van der Waals surface area (Å²) in [5, 5.41) is 11.0. The molecule has 1 N–H and O–H groups in total.